The maximum absolute atomic E-state index is 10.2. The van der Waals surface area contributed by atoms with Gasteiger partial charge in [-0.3, -0.25) is 0 Å². The Balaban J connectivity index is 2.24. The fourth-order valence-corrected chi connectivity index (χ4v) is 2.98. The number of aryl methyl sites for hydroxylation is 1. The highest BCUT2D eigenvalue weighted by Gasteiger charge is 2.33. The van der Waals surface area contributed by atoms with Crippen molar-refractivity contribution >= 4 is 34.4 Å². The summed E-state index contributed by atoms with van der Waals surface area (Å²) in [5.41, 5.74) is 7.88. The number of aromatic nitrogens is 1. The fraction of sp³-hybridized carbons (Fsp3) is 0.333. The van der Waals surface area contributed by atoms with E-state index in [1.807, 2.05) is 35.9 Å². The molecular formula is C15H18ClN3O. The molecule has 0 spiro atoms. The molecule has 3 rings (SSSR count). The van der Waals surface area contributed by atoms with Crippen LogP contribution in [-0.2, 0) is 7.05 Å². The SMILES string of the molecule is Cn1c2c(c3ccc(Cl)cc31)C=C(N)C(C(C)(C)O)N2. The van der Waals surface area contributed by atoms with E-state index in [9.17, 15) is 5.11 Å². The van der Waals surface area contributed by atoms with Crippen LogP contribution in [0.15, 0.2) is 23.9 Å². The zero-order chi connectivity index (χ0) is 14.7. The molecule has 0 saturated carbocycles. The summed E-state index contributed by atoms with van der Waals surface area (Å²) >= 11 is 6.07. The molecule has 1 aliphatic rings. The minimum atomic E-state index is -0.938. The third-order valence-corrected chi connectivity index (χ3v) is 4.07. The van der Waals surface area contributed by atoms with E-state index in [1.165, 1.54) is 0 Å². The Morgan fingerprint density at radius 2 is 2.10 bits per heavy atom. The van der Waals surface area contributed by atoms with Gasteiger partial charge in [0.25, 0.3) is 0 Å². The first-order valence-corrected chi connectivity index (χ1v) is 6.91. The number of benzene rings is 1. The molecule has 0 radical (unpaired) electrons. The lowest BCUT2D eigenvalue weighted by Crippen LogP contribution is -2.47. The molecule has 1 aliphatic heterocycles. The van der Waals surface area contributed by atoms with E-state index in [2.05, 4.69) is 5.32 Å². The van der Waals surface area contributed by atoms with Gasteiger partial charge in [0.15, 0.2) is 0 Å². The number of halogens is 1. The number of rotatable bonds is 1. The quantitative estimate of drug-likeness (QED) is 0.757. The van der Waals surface area contributed by atoms with Crippen LogP contribution in [0.25, 0.3) is 17.0 Å². The lowest BCUT2D eigenvalue weighted by molar-refractivity contribution is 0.0694. The van der Waals surface area contributed by atoms with Crippen LogP contribution in [-0.4, -0.2) is 21.3 Å². The van der Waals surface area contributed by atoms with Crippen molar-refractivity contribution in [1.29, 1.82) is 0 Å². The predicted molar refractivity (Wildman–Crippen MR) is 83.8 cm³/mol. The number of nitrogens with zero attached hydrogens (tertiary/aromatic N) is 1. The molecule has 0 fully saturated rings. The summed E-state index contributed by atoms with van der Waals surface area (Å²) in [5.74, 6) is 0.948. The molecule has 0 saturated heterocycles. The molecule has 2 aromatic rings. The van der Waals surface area contributed by atoms with Crippen LogP contribution in [0.5, 0.6) is 0 Å². The maximum atomic E-state index is 10.2. The van der Waals surface area contributed by atoms with Crippen LogP contribution in [0.3, 0.4) is 0 Å². The van der Waals surface area contributed by atoms with E-state index in [4.69, 9.17) is 17.3 Å². The molecule has 1 atom stereocenters. The number of nitrogens with two attached hydrogens (primary N) is 1. The van der Waals surface area contributed by atoms with Crippen LogP contribution in [0.2, 0.25) is 5.02 Å². The van der Waals surface area contributed by atoms with Gasteiger partial charge >= 0.3 is 0 Å². The molecule has 4 N–H and O–H groups in total. The topological polar surface area (TPSA) is 63.2 Å². The standard InChI is InChI=1S/C15H18ClN3O/c1-15(2,20)13-11(17)7-10-9-5-4-8(16)6-12(9)19(3)14(10)18-13/h4-7,13,18,20H,17H2,1-3H3. The van der Waals surface area contributed by atoms with Crippen LogP contribution < -0.4 is 11.1 Å². The first kappa shape index (κ1) is 13.3. The van der Waals surface area contributed by atoms with E-state index in [-0.39, 0.29) is 6.04 Å². The van der Waals surface area contributed by atoms with Gasteiger partial charge in [-0.05, 0) is 32.1 Å². The van der Waals surface area contributed by atoms with E-state index in [0.717, 1.165) is 22.3 Å². The Morgan fingerprint density at radius 3 is 2.75 bits per heavy atom. The van der Waals surface area contributed by atoms with Gasteiger partial charge in [0, 0.05) is 28.7 Å². The molecule has 1 aromatic heterocycles. The van der Waals surface area contributed by atoms with E-state index < -0.39 is 5.60 Å². The molecule has 20 heavy (non-hydrogen) atoms. The molecule has 0 aliphatic carbocycles. The van der Waals surface area contributed by atoms with Crippen molar-refractivity contribution in [2.75, 3.05) is 5.32 Å². The van der Waals surface area contributed by atoms with Crippen molar-refractivity contribution in [1.82, 2.24) is 4.57 Å². The minimum absolute atomic E-state index is 0.312. The van der Waals surface area contributed by atoms with E-state index in [0.29, 0.717) is 10.7 Å². The molecule has 106 valence electrons. The summed E-state index contributed by atoms with van der Waals surface area (Å²) in [6, 6.07) is 5.48. The predicted octanol–water partition coefficient (Wildman–Crippen LogP) is 2.70. The zero-order valence-electron chi connectivity index (χ0n) is 11.7. The summed E-state index contributed by atoms with van der Waals surface area (Å²) in [7, 11) is 1.97. The van der Waals surface area contributed by atoms with E-state index in [1.54, 1.807) is 13.8 Å². The van der Waals surface area contributed by atoms with Crippen molar-refractivity contribution in [2.24, 2.45) is 12.8 Å². The molecule has 0 bridgehead atoms. The lowest BCUT2D eigenvalue weighted by Gasteiger charge is -2.34. The van der Waals surface area contributed by atoms with Crippen LogP contribution in [0.1, 0.15) is 19.4 Å². The number of hydrogen-bond acceptors (Lipinski definition) is 3. The van der Waals surface area contributed by atoms with Crippen LogP contribution in [0, 0.1) is 0 Å². The van der Waals surface area contributed by atoms with Gasteiger partial charge in [0.2, 0.25) is 0 Å². The van der Waals surface area contributed by atoms with E-state index >= 15 is 0 Å². The summed E-state index contributed by atoms with van der Waals surface area (Å²) in [4.78, 5) is 0. The Kier molecular flexibility index (Phi) is 2.78. The average Bonchev–Trinajstić information content (AvgIpc) is 2.60. The Bertz CT molecular complexity index is 725. The molecule has 5 heteroatoms. The highest BCUT2D eigenvalue weighted by molar-refractivity contribution is 6.31. The molecule has 1 aromatic carbocycles. The summed E-state index contributed by atoms with van der Waals surface area (Å²) in [6.45, 7) is 3.49. The molecular weight excluding hydrogens is 274 g/mol. The van der Waals surface area contributed by atoms with Crippen molar-refractivity contribution in [3.05, 3.63) is 34.5 Å². The third-order valence-electron chi connectivity index (χ3n) is 3.83. The van der Waals surface area contributed by atoms with Gasteiger partial charge in [0.1, 0.15) is 5.82 Å². The Morgan fingerprint density at radius 1 is 1.40 bits per heavy atom. The number of aliphatic hydroxyl groups is 1. The van der Waals surface area contributed by atoms with Crippen molar-refractivity contribution in [3.63, 3.8) is 0 Å². The van der Waals surface area contributed by atoms with Gasteiger partial charge in [0.05, 0.1) is 17.2 Å². The largest absolute Gasteiger partial charge is 0.400 e. The first-order valence-electron chi connectivity index (χ1n) is 6.53. The molecule has 2 heterocycles. The van der Waals surface area contributed by atoms with Gasteiger partial charge in [-0.15, -0.1) is 0 Å². The fourth-order valence-electron chi connectivity index (χ4n) is 2.81. The average molecular weight is 292 g/mol. The summed E-state index contributed by atoms with van der Waals surface area (Å²) in [6.07, 6.45) is 1.94. The highest BCUT2D eigenvalue weighted by atomic mass is 35.5. The third kappa shape index (κ3) is 1.87. The Labute approximate surface area is 122 Å². The summed E-state index contributed by atoms with van der Waals surface area (Å²) < 4.78 is 2.04. The normalized spacial score (nSPS) is 18.6. The molecule has 0 amide bonds. The number of anilines is 1. The number of hydrogen-bond donors (Lipinski definition) is 3. The number of fused-ring (bicyclic) bond motifs is 3. The monoisotopic (exact) mass is 291 g/mol. The van der Waals surface area contributed by atoms with Crippen LogP contribution >= 0.6 is 11.6 Å². The lowest BCUT2D eigenvalue weighted by atomic mass is 9.92. The summed E-state index contributed by atoms with van der Waals surface area (Å²) in [5, 5.41) is 15.4. The van der Waals surface area contributed by atoms with Crippen molar-refractivity contribution in [2.45, 2.75) is 25.5 Å². The second kappa shape index (κ2) is 4.17. The second-order valence-electron chi connectivity index (χ2n) is 5.86. The maximum Gasteiger partial charge on any atom is 0.114 e. The zero-order valence-corrected chi connectivity index (χ0v) is 12.5. The smallest absolute Gasteiger partial charge is 0.114 e. The van der Waals surface area contributed by atoms with Crippen LogP contribution in [0.4, 0.5) is 5.82 Å². The molecule has 1 unspecified atom stereocenters. The minimum Gasteiger partial charge on any atom is -0.400 e. The molecule has 4 nitrogen and oxygen atoms in total. The van der Waals surface area contributed by atoms with Gasteiger partial charge < -0.3 is 20.7 Å². The Hall–Kier alpha value is -1.65. The second-order valence-corrected chi connectivity index (χ2v) is 6.29. The van der Waals surface area contributed by atoms with Gasteiger partial charge in [-0.1, -0.05) is 17.7 Å². The van der Waals surface area contributed by atoms with Crippen molar-refractivity contribution < 1.29 is 5.11 Å². The van der Waals surface area contributed by atoms with Crippen molar-refractivity contribution in [3.8, 4) is 0 Å². The highest BCUT2D eigenvalue weighted by Crippen LogP contribution is 2.37. The van der Waals surface area contributed by atoms with Gasteiger partial charge in [-0.2, -0.15) is 0 Å². The number of nitrogens with one attached hydrogen (secondary N) is 1. The van der Waals surface area contributed by atoms with Gasteiger partial charge in [-0.25, -0.2) is 0 Å². The first-order chi connectivity index (χ1) is 9.29.